The van der Waals surface area contributed by atoms with Gasteiger partial charge in [-0.2, -0.15) is 0 Å². The Hall–Kier alpha value is -1.56. The molecule has 0 bridgehead atoms. The molecule has 1 aromatic rings. The van der Waals surface area contributed by atoms with Gasteiger partial charge in [0.15, 0.2) is 5.17 Å². The zero-order valence-corrected chi connectivity index (χ0v) is 16.9. The second-order valence-electron chi connectivity index (χ2n) is 7.72. The number of nitro benzene ring substituents is 1. The third kappa shape index (κ3) is 4.97. The average Bonchev–Trinajstić information content (AvgIpc) is 2.79. The Morgan fingerprint density at radius 3 is 2.32 bits per heavy atom. The van der Waals surface area contributed by atoms with Crippen LogP contribution in [0.15, 0.2) is 17.1 Å². The number of nitrogens with zero attached hydrogens (tertiary/aromatic N) is 3. The summed E-state index contributed by atoms with van der Waals surface area (Å²) in [5, 5.41) is 12.2. The van der Waals surface area contributed by atoms with Gasteiger partial charge in [-0.1, -0.05) is 39.5 Å². The minimum absolute atomic E-state index is 0.194. The second kappa shape index (κ2) is 8.21. The molecule has 0 aromatic heterocycles. The Morgan fingerprint density at radius 1 is 1.24 bits per heavy atom. The molecule has 0 N–H and O–H groups in total. The van der Waals surface area contributed by atoms with Crippen molar-refractivity contribution in [3.8, 4) is 0 Å². The monoisotopic (exact) mass is 363 g/mol. The van der Waals surface area contributed by atoms with E-state index >= 15 is 0 Å². The van der Waals surface area contributed by atoms with Gasteiger partial charge >= 0.3 is 0 Å². The highest BCUT2D eigenvalue weighted by Gasteiger charge is 2.31. The fourth-order valence-electron chi connectivity index (χ4n) is 3.35. The van der Waals surface area contributed by atoms with Crippen LogP contribution in [-0.4, -0.2) is 33.3 Å². The van der Waals surface area contributed by atoms with Crippen molar-refractivity contribution in [1.29, 1.82) is 0 Å². The summed E-state index contributed by atoms with van der Waals surface area (Å²) >= 11 is 1.80. The Morgan fingerprint density at radius 2 is 1.84 bits per heavy atom. The zero-order chi connectivity index (χ0) is 18.7. The molecular formula is C19H29N3O2S. The van der Waals surface area contributed by atoms with Crippen LogP contribution in [0.2, 0.25) is 0 Å². The molecule has 0 aliphatic carbocycles. The van der Waals surface area contributed by atoms with Gasteiger partial charge in [0.05, 0.1) is 10.6 Å². The quantitative estimate of drug-likeness (QED) is 0.507. The third-order valence-electron chi connectivity index (χ3n) is 4.28. The van der Waals surface area contributed by atoms with Crippen molar-refractivity contribution in [2.24, 2.45) is 16.8 Å². The van der Waals surface area contributed by atoms with Crippen LogP contribution in [0.1, 0.15) is 45.2 Å². The lowest BCUT2D eigenvalue weighted by molar-refractivity contribution is -0.386. The third-order valence-corrected chi connectivity index (χ3v) is 5.42. The molecule has 1 aliphatic rings. The standard InChI is InChI=1S/C19H29N3O2S/c1-12(2)7-17-11-25-19(21(17)10-13(3)4)20-16-8-14(5)18(22(23)24)15(6)9-16/h8-9,12-13,17H,7,10-11H2,1-6H3. The molecule has 25 heavy (non-hydrogen) atoms. The van der Waals surface area contributed by atoms with Crippen molar-refractivity contribution >= 4 is 28.3 Å². The molecule has 1 unspecified atom stereocenters. The first-order chi connectivity index (χ1) is 11.7. The van der Waals surface area contributed by atoms with Crippen molar-refractivity contribution in [1.82, 2.24) is 4.90 Å². The van der Waals surface area contributed by atoms with Crippen molar-refractivity contribution in [2.75, 3.05) is 12.3 Å². The number of thioether (sulfide) groups is 1. The van der Waals surface area contributed by atoms with Crippen LogP contribution in [0.25, 0.3) is 0 Å². The van der Waals surface area contributed by atoms with E-state index in [1.54, 1.807) is 25.6 Å². The molecule has 0 amide bonds. The molecule has 0 saturated carbocycles. The lowest BCUT2D eigenvalue weighted by Gasteiger charge is -2.28. The normalized spacial score (nSPS) is 19.4. The number of hydrogen-bond acceptors (Lipinski definition) is 4. The number of nitro groups is 1. The molecule has 138 valence electrons. The topological polar surface area (TPSA) is 58.7 Å². The molecule has 5 nitrogen and oxygen atoms in total. The lowest BCUT2D eigenvalue weighted by atomic mass is 10.0. The Balaban J connectivity index is 2.33. The molecule has 1 heterocycles. The Bertz CT molecular complexity index is 648. The molecule has 2 rings (SSSR count). The summed E-state index contributed by atoms with van der Waals surface area (Å²) < 4.78 is 0. The zero-order valence-electron chi connectivity index (χ0n) is 16.1. The number of amidine groups is 1. The van der Waals surface area contributed by atoms with E-state index in [0.29, 0.717) is 29.0 Å². The van der Waals surface area contributed by atoms with Gasteiger partial charge in [-0.3, -0.25) is 10.1 Å². The smallest absolute Gasteiger partial charge is 0.275 e. The van der Waals surface area contributed by atoms with E-state index in [4.69, 9.17) is 4.99 Å². The van der Waals surface area contributed by atoms with E-state index in [-0.39, 0.29) is 10.6 Å². The summed E-state index contributed by atoms with van der Waals surface area (Å²) in [6.45, 7) is 13.5. The van der Waals surface area contributed by atoms with E-state index in [9.17, 15) is 10.1 Å². The largest absolute Gasteiger partial charge is 0.347 e. The van der Waals surface area contributed by atoms with Gasteiger partial charge in [0.1, 0.15) is 0 Å². The summed E-state index contributed by atoms with van der Waals surface area (Å²) in [4.78, 5) is 18.2. The first-order valence-electron chi connectivity index (χ1n) is 8.92. The van der Waals surface area contributed by atoms with Crippen LogP contribution in [0.5, 0.6) is 0 Å². The minimum atomic E-state index is -0.310. The molecule has 0 spiro atoms. The summed E-state index contributed by atoms with van der Waals surface area (Å²) in [6.07, 6.45) is 1.16. The van der Waals surface area contributed by atoms with E-state index in [1.165, 1.54) is 0 Å². The van der Waals surface area contributed by atoms with E-state index in [2.05, 4.69) is 32.6 Å². The predicted octanol–water partition coefficient (Wildman–Crippen LogP) is 5.32. The van der Waals surface area contributed by atoms with Crippen molar-refractivity contribution in [2.45, 2.75) is 54.0 Å². The van der Waals surface area contributed by atoms with Gasteiger partial charge in [-0.25, -0.2) is 4.99 Å². The van der Waals surface area contributed by atoms with Gasteiger partial charge in [0.25, 0.3) is 5.69 Å². The number of rotatable bonds is 6. The maximum Gasteiger partial charge on any atom is 0.275 e. The van der Waals surface area contributed by atoms with E-state index < -0.39 is 0 Å². The minimum Gasteiger partial charge on any atom is -0.347 e. The highest BCUT2D eigenvalue weighted by Crippen LogP contribution is 2.33. The van der Waals surface area contributed by atoms with Crippen LogP contribution in [0.4, 0.5) is 11.4 Å². The average molecular weight is 364 g/mol. The summed E-state index contributed by atoms with van der Waals surface area (Å²) in [7, 11) is 0. The maximum atomic E-state index is 11.2. The van der Waals surface area contributed by atoms with Crippen LogP contribution < -0.4 is 0 Å². The van der Waals surface area contributed by atoms with Crippen LogP contribution in [0, 0.1) is 35.8 Å². The molecule has 1 aromatic carbocycles. The van der Waals surface area contributed by atoms with Gasteiger partial charge in [-0.05, 0) is 44.2 Å². The molecular weight excluding hydrogens is 334 g/mol. The SMILES string of the molecule is Cc1cc(N=C2SCC(CC(C)C)N2CC(C)C)cc(C)c1[N+](=O)[O-]. The highest BCUT2D eigenvalue weighted by molar-refractivity contribution is 8.14. The highest BCUT2D eigenvalue weighted by atomic mass is 32.2. The van der Waals surface area contributed by atoms with Crippen LogP contribution in [0.3, 0.4) is 0 Å². The Labute approximate surface area is 155 Å². The first-order valence-corrected chi connectivity index (χ1v) is 9.91. The molecule has 1 saturated heterocycles. The second-order valence-corrected chi connectivity index (χ2v) is 8.71. The Kier molecular flexibility index (Phi) is 6.49. The number of benzene rings is 1. The van der Waals surface area contributed by atoms with Crippen molar-refractivity contribution in [3.05, 3.63) is 33.4 Å². The van der Waals surface area contributed by atoms with Gasteiger partial charge in [0, 0.05) is 29.5 Å². The molecule has 6 heteroatoms. The van der Waals surface area contributed by atoms with Gasteiger partial charge < -0.3 is 4.90 Å². The van der Waals surface area contributed by atoms with E-state index in [1.807, 2.05) is 12.1 Å². The molecule has 1 fully saturated rings. The number of aliphatic imine (C=N–C) groups is 1. The number of aryl methyl sites for hydroxylation is 2. The summed E-state index contributed by atoms with van der Waals surface area (Å²) in [5.41, 5.74) is 2.34. The summed E-state index contributed by atoms with van der Waals surface area (Å²) in [5.74, 6) is 2.29. The maximum absolute atomic E-state index is 11.2. The van der Waals surface area contributed by atoms with Crippen LogP contribution >= 0.6 is 11.8 Å². The van der Waals surface area contributed by atoms with Crippen LogP contribution in [-0.2, 0) is 0 Å². The molecule has 1 atom stereocenters. The van der Waals surface area contributed by atoms with Gasteiger partial charge in [0.2, 0.25) is 0 Å². The summed E-state index contributed by atoms with van der Waals surface area (Å²) in [6, 6.07) is 4.16. The van der Waals surface area contributed by atoms with Gasteiger partial charge in [-0.15, -0.1) is 0 Å². The number of hydrogen-bond donors (Lipinski definition) is 0. The predicted molar refractivity (Wildman–Crippen MR) is 107 cm³/mol. The molecule has 0 radical (unpaired) electrons. The fourth-order valence-corrected chi connectivity index (χ4v) is 4.57. The molecule has 1 aliphatic heterocycles. The van der Waals surface area contributed by atoms with Crippen molar-refractivity contribution in [3.63, 3.8) is 0 Å². The van der Waals surface area contributed by atoms with Crippen molar-refractivity contribution < 1.29 is 4.92 Å². The fraction of sp³-hybridized carbons (Fsp3) is 0.632. The van der Waals surface area contributed by atoms with E-state index in [0.717, 1.165) is 29.6 Å². The first kappa shape index (κ1) is 19.8. The lowest BCUT2D eigenvalue weighted by Crippen LogP contribution is -2.37.